The first-order chi connectivity index (χ1) is 12.7. The highest BCUT2D eigenvalue weighted by atomic mass is 19.1. The molecule has 1 aromatic heterocycles. The van der Waals surface area contributed by atoms with E-state index in [1.807, 2.05) is 12.1 Å². The van der Waals surface area contributed by atoms with Gasteiger partial charge in [-0.3, -0.25) is 4.79 Å². The van der Waals surface area contributed by atoms with E-state index in [-0.39, 0.29) is 17.5 Å². The Morgan fingerprint density at radius 1 is 1.15 bits per heavy atom. The molecule has 2 aromatic carbocycles. The van der Waals surface area contributed by atoms with Crippen LogP contribution in [0.15, 0.2) is 52.9 Å². The number of carbonyl (C=O) groups is 1. The van der Waals surface area contributed by atoms with Gasteiger partial charge in [0.2, 0.25) is 0 Å². The van der Waals surface area contributed by atoms with Gasteiger partial charge in [-0.25, -0.2) is 4.39 Å². The van der Waals surface area contributed by atoms with Crippen molar-refractivity contribution in [3.8, 4) is 11.5 Å². The van der Waals surface area contributed by atoms with Crippen LogP contribution in [0.5, 0.6) is 11.5 Å². The van der Waals surface area contributed by atoms with E-state index >= 15 is 0 Å². The third kappa shape index (κ3) is 4.33. The third-order valence-corrected chi connectivity index (χ3v) is 3.89. The summed E-state index contributed by atoms with van der Waals surface area (Å²) < 4.78 is 29.1. The summed E-state index contributed by atoms with van der Waals surface area (Å²) in [6.07, 6.45) is 1.53. The number of nitrogens with one attached hydrogen (secondary N) is 1. The summed E-state index contributed by atoms with van der Waals surface area (Å²) in [7, 11) is 1.56. The number of hydrogen-bond donors (Lipinski definition) is 1. The van der Waals surface area contributed by atoms with Gasteiger partial charge in [-0.05, 0) is 49.2 Å². The molecule has 1 N–H and O–H groups in total. The van der Waals surface area contributed by atoms with Crippen molar-refractivity contribution in [2.75, 3.05) is 20.3 Å². The van der Waals surface area contributed by atoms with E-state index in [2.05, 4.69) is 5.32 Å². The van der Waals surface area contributed by atoms with Crippen LogP contribution in [0.4, 0.5) is 4.39 Å². The Morgan fingerprint density at radius 2 is 1.96 bits per heavy atom. The first kappa shape index (κ1) is 17.8. The highest BCUT2D eigenvalue weighted by molar-refractivity contribution is 5.97. The van der Waals surface area contributed by atoms with E-state index < -0.39 is 0 Å². The highest BCUT2D eigenvalue weighted by Gasteiger charge is 2.14. The summed E-state index contributed by atoms with van der Waals surface area (Å²) in [5, 5.41) is 3.65. The topological polar surface area (TPSA) is 60.7 Å². The van der Waals surface area contributed by atoms with Crippen LogP contribution in [-0.2, 0) is 0 Å². The molecule has 0 saturated heterocycles. The predicted molar refractivity (Wildman–Crippen MR) is 96.2 cm³/mol. The van der Waals surface area contributed by atoms with Crippen molar-refractivity contribution in [2.45, 2.75) is 12.8 Å². The molecule has 0 radical (unpaired) electrons. The van der Waals surface area contributed by atoms with Crippen LogP contribution in [-0.4, -0.2) is 26.2 Å². The highest BCUT2D eigenvalue weighted by Crippen LogP contribution is 2.28. The normalized spacial score (nSPS) is 10.7. The molecule has 0 bridgehead atoms. The van der Waals surface area contributed by atoms with Crippen LogP contribution >= 0.6 is 0 Å². The average Bonchev–Trinajstić information content (AvgIpc) is 3.10. The lowest BCUT2D eigenvalue weighted by atomic mass is 10.2. The van der Waals surface area contributed by atoms with E-state index in [9.17, 15) is 9.18 Å². The SMILES string of the molecule is COc1cccc2cc(C(=O)NCCCCOc3ccc(F)cc3)oc12. The number of para-hydroxylation sites is 1. The van der Waals surface area contributed by atoms with Crippen molar-refractivity contribution in [3.63, 3.8) is 0 Å². The minimum atomic E-state index is -0.289. The Hall–Kier alpha value is -3.02. The maximum Gasteiger partial charge on any atom is 0.287 e. The van der Waals surface area contributed by atoms with Gasteiger partial charge >= 0.3 is 0 Å². The molecule has 3 rings (SSSR count). The van der Waals surface area contributed by atoms with Crippen LogP contribution < -0.4 is 14.8 Å². The Bertz CT molecular complexity index is 873. The standard InChI is InChI=1S/C20H20FNO4/c1-24-17-6-4-5-14-13-18(26-19(14)17)20(23)22-11-2-3-12-25-16-9-7-15(21)8-10-16/h4-10,13H,2-3,11-12H2,1H3,(H,22,23). The average molecular weight is 357 g/mol. The number of ether oxygens (including phenoxy) is 2. The summed E-state index contributed by atoms with van der Waals surface area (Å²) in [5.41, 5.74) is 0.563. The lowest BCUT2D eigenvalue weighted by molar-refractivity contribution is 0.0926. The monoisotopic (exact) mass is 357 g/mol. The zero-order valence-corrected chi connectivity index (χ0v) is 14.5. The van der Waals surface area contributed by atoms with Gasteiger partial charge in [-0.1, -0.05) is 12.1 Å². The second-order valence-corrected chi connectivity index (χ2v) is 5.75. The number of methoxy groups -OCH3 is 1. The molecule has 3 aromatic rings. The Balaban J connectivity index is 1.42. The van der Waals surface area contributed by atoms with Gasteiger partial charge in [0.25, 0.3) is 5.91 Å². The number of carbonyl (C=O) groups excluding carboxylic acids is 1. The van der Waals surface area contributed by atoms with Crippen LogP contribution in [0.2, 0.25) is 0 Å². The Morgan fingerprint density at radius 3 is 2.73 bits per heavy atom. The summed E-state index contributed by atoms with van der Waals surface area (Å²) in [5.74, 6) is 0.934. The van der Waals surface area contributed by atoms with Gasteiger partial charge in [-0.15, -0.1) is 0 Å². The fraction of sp³-hybridized carbons (Fsp3) is 0.250. The molecule has 0 fully saturated rings. The molecular weight excluding hydrogens is 337 g/mol. The predicted octanol–water partition coefficient (Wildman–Crippen LogP) is 4.17. The first-order valence-electron chi connectivity index (χ1n) is 8.40. The van der Waals surface area contributed by atoms with Gasteiger partial charge in [-0.2, -0.15) is 0 Å². The number of furan rings is 1. The minimum absolute atomic E-state index is 0.257. The second-order valence-electron chi connectivity index (χ2n) is 5.75. The van der Waals surface area contributed by atoms with Crippen LogP contribution in [0.1, 0.15) is 23.4 Å². The zero-order chi connectivity index (χ0) is 18.4. The van der Waals surface area contributed by atoms with Crippen molar-refractivity contribution in [1.29, 1.82) is 0 Å². The fourth-order valence-corrected chi connectivity index (χ4v) is 2.55. The maximum atomic E-state index is 12.8. The number of rotatable bonds is 8. The van der Waals surface area contributed by atoms with Gasteiger partial charge < -0.3 is 19.2 Å². The van der Waals surface area contributed by atoms with Crippen molar-refractivity contribution in [1.82, 2.24) is 5.32 Å². The number of hydrogen-bond acceptors (Lipinski definition) is 4. The first-order valence-corrected chi connectivity index (χ1v) is 8.40. The molecule has 136 valence electrons. The maximum absolute atomic E-state index is 12.8. The molecule has 1 heterocycles. The molecule has 26 heavy (non-hydrogen) atoms. The number of halogens is 1. The molecule has 1 amide bonds. The summed E-state index contributed by atoms with van der Waals surface area (Å²) in [4.78, 5) is 12.2. The van der Waals surface area contributed by atoms with Gasteiger partial charge in [0.1, 0.15) is 11.6 Å². The van der Waals surface area contributed by atoms with Gasteiger partial charge in [0, 0.05) is 11.9 Å². The summed E-state index contributed by atoms with van der Waals surface area (Å²) in [6.45, 7) is 1.02. The van der Waals surface area contributed by atoms with E-state index in [1.54, 1.807) is 31.4 Å². The van der Waals surface area contributed by atoms with Gasteiger partial charge in [0.05, 0.1) is 13.7 Å². The lowest BCUT2D eigenvalue weighted by Gasteiger charge is -2.06. The molecule has 0 saturated carbocycles. The minimum Gasteiger partial charge on any atom is -0.494 e. The Kier molecular flexibility index (Phi) is 5.73. The number of fused-ring (bicyclic) bond motifs is 1. The third-order valence-electron chi connectivity index (χ3n) is 3.89. The van der Waals surface area contributed by atoms with Crippen molar-refractivity contribution >= 4 is 16.9 Å². The summed E-state index contributed by atoms with van der Waals surface area (Å²) in [6, 6.07) is 13.1. The molecule has 0 aliphatic carbocycles. The van der Waals surface area contributed by atoms with E-state index in [4.69, 9.17) is 13.9 Å². The second kappa shape index (κ2) is 8.38. The number of amides is 1. The number of unbranched alkanes of at least 4 members (excludes halogenated alkanes) is 1. The summed E-state index contributed by atoms with van der Waals surface area (Å²) >= 11 is 0. The molecule has 0 aliphatic rings. The molecule has 0 atom stereocenters. The molecule has 0 aliphatic heterocycles. The largest absolute Gasteiger partial charge is 0.494 e. The van der Waals surface area contributed by atoms with E-state index in [1.165, 1.54) is 12.1 Å². The van der Waals surface area contributed by atoms with Crippen LogP contribution in [0.25, 0.3) is 11.0 Å². The molecule has 6 heteroatoms. The van der Waals surface area contributed by atoms with Crippen molar-refractivity contribution in [2.24, 2.45) is 0 Å². The van der Waals surface area contributed by atoms with Crippen LogP contribution in [0, 0.1) is 5.82 Å². The quantitative estimate of drug-likeness (QED) is 0.615. The van der Waals surface area contributed by atoms with E-state index in [0.717, 1.165) is 18.2 Å². The van der Waals surface area contributed by atoms with Crippen molar-refractivity contribution in [3.05, 3.63) is 60.1 Å². The van der Waals surface area contributed by atoms with Crippen LogP contribution in [0.3, 0.4) is 0 Å². The lowest BCUT2D eigenvalue weighted by Crippen LogP contribution is -2.24. The molecule has 0 spiro atoms. The molecular formula is C20H20FNO4. The fourth-order valence-electron chi connectivity index (χ4n) is 2.55. The van der Waals surface area contributed by atoms with Crippen molar-refractivity contribution < 1.29 is 23.1 Å². The van der Waals surface area contributed by atoms with Gasteiger partial charge in [0.15, 0.2) is 17.1 Å². The van der Waals surface area contributed by atoms with E-state index in [0.29, 0.717) is 30.2 Å². The molecule has 5 nitrogen and oxygen atoms in total. The Labute approximate surface area is 150 Å². The smallest absolute Gasteiger partial charge is 0.287 e. The molecule has 0 unspecified atom stereocenters. The zero-order valence-electron chi connectivity index (χ0n) is 14.5. The number of benzene rings is 2.